The molecule has 0 saturated carbocycles. The molecule has 0 spiro atoms. The Morgan fingerprint density at radius 3 is 2.36 bits per heavy atom. The third kappa shape index (κ3) is 7.78. The summed E-state index contributed by atoms with van der Waals surface area (Å²) in [6.07, 6.45) is 4.99. The molecule has 7 rings (SSSR count). The fourth-order valence-corrected chi connectivity index (χ4v) is 5.55. The van der Waals surface area contributed by atoms with Crippen molar-refractivity contribution in [3.05, 3.63) is 137 Å². The molecule has 0 aliphatic rings. The molecule has 278 valence electrons. The Morgan fingerprint density at radius 2 is 1.65 bits per heavy atom. The summed E-state index contributed by atoms with van der Waals surface area (Å²) in [6.45, 7) is 5.53. The van der Waals surface area contributed by atoms with Crippen molar-refractivity contribution < 1.29 is 32.6 Å². The standard InChI is InChI=1S/C39H32F2N8O6/c1-39(2,3)55-38(52)48-22-24(20-44-48)34-33-32(16-17-42-35(33)47(46-34)21-23-5-12-28(53-4)13-6-23)54-31-14-9-26(19-30(31)41)45-36(50)29-15-18-43-49(37(29)51)27-10-7-25(40)8-11-27/h5-20,22H,21H2,1-4H3,(H,45,50). The number of pyridine rings is 1. The van der Waals surface area contributed by atoms with E-state index in [1.54, 1.807) is 38.6 Å². The summed E-state index contributed by atoms with van der Waals surface area (Å²) in [6, 6.07) is 19.0. The van der Waals surface area contributed by atoms with Gasteiger partial charge in [-0.15, -0.1) is 0 Å². The number of nitrogens with one attached hydrogen (secondary N) is 1. The van der Waals surface area contributed by atoms with E-state index in [0.29, 0.717) is 34.6 Å². The van der Waals surface area contributed by atoms with Crippen molar-refractivity contribution in [1.29, 1.82) is 0 Å². The summed E-state index contributed by atoms with van der Waals surface area (Å²) >= 11 is 0. The van der Waals surface area contributed by atoms with Gasteiger partial charge in [0.25, 0.3) is 11.5 Å². The fraction of sp³-hybridized carbons (Fsp3) is 0.154. The Kier molecular flexibility index (Phi) is 9.63. The number of hydrogen-bond acceptors (Lipinski definition) is 10. The molecule has 0 fully saturated rings. The van der Waals surface area contributed by atoms with Gasteiger partial charge in [-0.2, -0.15) is 24.7 Å². The summed E-state index contributed by atoms with van der Waals surface area (Å²) in [5.41, 5.74) is 0.605. The molecule has 1 N–H and O–H groups in total. The first-order valence-electron chi connectivity index (χ1n) is 16.8. The largest absolute Gasteiger partial charge is 0.497 e. The number of benzene rings is 3. The Hall–Kier alpha value is -7.23. The van der Waals surface area contributed by atoms with E-state index in [4.69, 9.17) is 19.3 Å². The quantitative estimate of drug-likeness (QED) is 0.163. The fourth-order valence-electron chi connectivity index (χ4n) is 5.55. The molecule has 0 atom stereocenters. The number of halogens is 2. The molecule has 0 aliphatic heterocycles. The number of hydrogen-bond donors (Lipinski definition) is 1. The van der Waals surface area contributed by atoms with Crippen molar-refractivity contribution in [2.24, 2.45) is 0 Å². The van der Waals surface area contributed by atoms with Gasteiger partial charge in [0.1, 0.15) is 34.2 Å². The van der Waals surface area contributed by atoms with Gasteiger partial charge in [-0.1, -0.05) is 12.1 Å². The molecule has 16 heteroatoms. The van der Waals surface area contributed by atoms with Gasteiger partial charge in [0, 0.05) is 35.9 Å². The van der Waals surface area contributed by atoms with Crippen molar-refractivity contribution in [2.45, 2.75) is 32.9 Å². The first kappa shape index (κ1) is 36.1. The minimum Gasteiger partial charge on any atom is -0.497 e. The predicted molar refractivity (Wildman–Crippen MR) is 197 cm³/mol. The van der Waals surface area contributed by atoms with Crippen molar-refractivity contribution >= 4 is 28.7 Å². The SMILES string of the molecule is COc1ccc(Cn2nc(-c3cnn(C(=O)OC(C)(C)C)c3)c3c(Oc4ccc(NC(=O)c5ccnn(-c6ccc(F)cc6)c5=O)cc4F)ccnc32)cc1. The van der Waals surface area contributed by atoms with Crippen LogP contribution >= 0.6 is 0 Å². The van der Waals surface area contributed by atoms with Crippen molar-refractivity contribution in [2.75, 3.05) is 12.4 Å². The number of amides is 1. The van der Waals surface area contributed by atoms with Crippen LogP contribution in [-0.4, -0.2) is 59.0 Å². The lowest BCUT2D eigenvalue weighted by Gasteiger charge is -2.18. The normalized spacial score (nSPS) is 11.4. The first-order chi connectivity index (χ1) is 26.4. The lowest BCUT2D eigenvalue weighted by Crippen LogP contribution is -2.29. The minimum absolute atomic E-state index is 0.0434. The second-order valence-electron chi connectivity index (χ2n) is 13.2. The molecule has 14 nitrogen and oxygen atoms in total. The monoisotopic (exact) mass is 746 g/mol. The zero-order valence-electron chi connectivity index (χ0n) is 29.9. The third-order valence-corrected chi connectivity index (χ3v) is 8.09. The van der Waals surface area contributed by atoms with Crippen LogP contribution in [0.3, 0.4) is 0 Å². The lowest BCUT2D eigenvalue weighted by molar-refractivity contribution is 0.0514. The third-order valence-electron chi connectivity index (χ3n) is 8.09. The number of fused-ring (bicyclic) bond motifs is 1. The maximum Gasteiger partial charge on any atom is 0.435 e. The average Bonchev–Trinajstić information content (AvgIpc) is 3.79. The molecule has 4 aromatic heterocycles. The highest BCUT2D eigenvalue weighted by Gasteiger charge is 2.24. The highest BCUT2D eigenvalue weighted by molar-refractivity contribution is 6.04. The smallest absolute Gasteiger partial charge is 0.435 e. The summed E-state index contributed by atoms with van der Waals surface area (Å²) in [7, 11) is 1.58. The number of methoxy groups -OCH3 is 1. The van der Waals surface area contributed by atoms with Crippen LogP contribution in [0.25, 0.3) is 28.0 Å². The Balaban J connectivity index is 1.19. The number of carbonyl (C=O) groups is 2. The summed E-state index contributed by atoms with van der Waals surface area (Å²) in [5.74, 6) is -1.44. The van der Waals surface area contributed by atoms with Crippen LogP contribution in [0.5, 0.6) is 17.2 Å². The minimum atomic E-state index is -0.828. The van der Waals surface area contributed by atoms with Crippen molar-refractivity contribution in [3.8, 4) is 34.2 Å². The number of rotatable bonds is 9. The average molecular weight is 747 g/mol. The Bertz CT molecular complexity index is 2610. The van der Waals surface area contributed by atoms with E-state index in [2.05, 4.69) is 20.5 Å². The van der Waals surface area contributed by atoms with E-state index in [1.807, 2.05) is 24.3 Å². The predicted octanol–water partition coefficient (Wildman–Crippen LogP) is 7.00. The number of ether oxygens (including phenoxy) is 3. The van der Waals surface area contributed by atoms with Crippen LogP contribution in [0.15, 0.2) is 108 Å². The van der Waals surface area contributed by atoms with Gasteiger partial charge in [0.2, 0.25) is 0 Å². The van der Waals surface area contributed by atoms with E-state index in [0.717, 1.165) is 33.1 Å². The number of carbonyl (C=O) groups excluding carboxylic acids is 2. The van der Waals surface area contributed by atoms with Gasteiger partial charge in [0.15, 0.2) is 17.2 Å². The van der Waals surface area contributed by atoms with Crippen LogP contribution in [0.1, 0.15) is 36.7 Å². The molecule has 4 heterocycles. The van der Waals surface area contributed by atoms with Crippen LogP contribution in [-0.2, 0) is 11.3 Å². The van der Waals surface area contributed by atoms with Gasteiger partial charge >= 0.3 is 6.09 Å². The van der Waals surface area contributed by atoms with Gasteiger partial charge in [-0.25, -0.2) is 23.2 Å². The molecule has 7 aromatic rings. The number of anilines is 1. The highest BCUT2D eigenvalue weighted by Crippen LogP contribution is 2.37. The maximum absolute atomic E-state index is 15.7. The molecule has 0 aliphatic carbocycles. The number of aromatic nitrogens is 7. The molecular formula is C39H32F2N8O6. The molecule has 0 bridgehead atoms. The van der Waals surface area contributed by atoms with E-state index in [1.165, 1.54) is 55.1 Å². The van der Waals surface area contributed by atoms with Crippen molar-refractivity contribution in [3.63, 3.8) is 0 Å². The van der Waals surface area contributed by atoms with E-state index in [-0.39, 0.29) is 28.4 Å². The van der Waals surface area contributed by atoms with Crippen LogP contribution < -0.4 is 20.3 Å². The van der Waals surface area contributed by atoms with Crippen LogP contribution in [0.2, 0.25) is 0 Å². The highest BCUT2D eigenvalue weighted by atomic mass is 19.1. The summed E-state index contributed by atoms with van der Waals surface area (Å²) in [5, 5.41) is 15.9. The molecule has 3 aromatic carbocycles. The summed E-state index contributed by atoms with van der Waals surface area (Å²) < 4.78 is 49.7. The first-order valence-corrected chi connectivity index (χ1v) is 16.8. The molecule has 55 heavy (non-hydrogen) atoms. The molecule has 0 saturated heterocycles. The Labute approximate surface area is 311 Å². The summed E-state index contributed by atoms with van der Waals surface area (Å²) in [4.78, 5) is 43.6. The molecule has 1 amide bonds. The van der Waals surface area contributed by atoms with Crippen LogP contribution in [0.4, 0.5) is 19.3 Å². The van der Waals surface area contributed by atoms with Crippen molar-refractivity contribution in [1.82, 2.24) is 34.3 Å². The maximum atomic E-state index is 15.7. The van der Waals surface area contributed by atoms with Gasteiger partial charge < -0.3 is 19.5 Å². The van der Waals surface area contributed by atoms with E-state index >= 15 is 4.39 Å². The second-order valence-corrected chi connectivity index (χ2v) is 13.2. The van der Waals surface area contributed by atoms with Gasteiger partial charge in [0.05, 0.1) is 30.9 Å². The van der Waals surface area contributed by atoms with Crippen LogP contribution in [0, 0.1) is 11.6 Å². The van der Waals surface area contributed by atoms with Gasteiger partial charge in [-0.3, -0.25) is 9.59 Å². The van der Waals surface area contributed by atoms with E-state index in [9.17, 15) is 18.8 Å². The number of nitrogens with zero attached hydrogens (tertiary/aromatic N) is 7. The topological polar surface area (TPSA) is 157 Å². The zero-order valence-corrected chi connectivity index (χ0v) is 29.9. The second kappa shape index (κ2) is 14.7. The zero-order chi connectivity index (χ0) is 38.9. The van der Waals surface area contributed by atoms with E-state index < -0.39 is 34.8 Å². The molecule has 0 radical (unpaired) electrons. The Morgan fingerprint density at radius 1 is 0.891 bits per heavy atom. The molecular weight excluding hydrogens is 714 g/mol. The van der Waals surface area contributed by atoms with Gasteiger partial charge in [-0.05, 0) is 87.0 Å². The molecule has 0 unspecified atom stereocenters. The lowest BCUT2D eigenvalue weighted by atomic mass is 10.1.